The molecule has 3 rings (SSSR count). The first-order chi connectivity index (χ1) is 11.4. The number of benzene rings is 3. The van der Waals surface area contributed by atoms with E-state index in [9.17, 15) is 9.90 Å². The summed E-state index contributed by atoms with van der Waals surface area (Å²) in [5.74, 6) is -0.195. The molecule has 3 aromatic rings. The minimum atomic E-state index is -0.248. The van der Waals surface area contributed by atoms with Crippen molar-refractivity contribution >= 4 is 22.2 Å². The van der Waals surface area contributed by atoms with Crippen LogP contribution in [0.25, 0.3) is 10.8 Å². The topological polar surface area (TPSA) is 49.3 Å². The highest BCUT2D eigenvalue weighted by molar-refractivity contribution is 6.18. The molecule has 0 fully saturated rings. The number of hydrogen-bond acceptors (Lipinski definition) is 3. The first-order valence-corrected chi connectivity index (χ1v) is 7.99. The summed E-state index contributed by atoms with van der Waals surface area (Å²) in [7, 11) is 0. The van der Waals surface area contributed by atoms with Crippen LogP contribution in [0.5, 0.6) is 5.75 Å². The normalized spacial score (nSPS) is 11.5. The van der Waals surface area contributed by atoms with Crippen molar-refractivity contribution in [1.82, 2.24) is 0 Å². The van der Waals surface area contributed by atoms with Crippen LogP contribution >= 0.6 is 0 Å². The summed E-state index contributed by atoms with van der Waals surface area (Å²) in [6, 6.07) is 18.4. The van der Waals surface area contributed by atoms with Crippen LogP contribution in [0.1, 0.15) is 36.7 Å². The average Bonchev–Trinajstić information content (AvgIpc) is 2.54. The highest BCUT2D eigenvalue weighted by atomic mass is 16.3. The van der Waals surface area contributed by atoms with E-state index in [0.29, 0.717) is 16.8 Å². The van der Waals surface area contributed by atoms with Gasteiger partial charge in [-0.15, -0.1) is 0 Å². The minimum Gasteiger partial charge on any atom is -0.507 e. The minimum absolute atomic E-state index is 0.00527. The molecule has 0 saturated carbocycles. The van der Waals surface area contributed by atoms with Crippen LogP contribution in [0, 0.1) is 0 Å². The number of nitrogens with one attached hydrogen (secondary N) is 1. The average molecular weight is 319 g/mol. The molecule has 0 aliphatic rings. The maximum Gasteiger partial charge on any atom is 0.198 e. The lowest BCUT2D eigenvalue weighted by Crippen LogP contribution is -2.27. The Balaban J connectivity index is 2.28. The molecule has 0 aromatic heterocycles. The van der Waals surface area contributed by atoms with E-state index in [4.69, 9.17) is 0 Å². The van der Waals surface area contributed by atoms with Gasteiger partial charge in [0.05, 0.1) is 11.3 Å². The fourth-order valence-corrected chi connectivity index (χ4v) is 2.80. The molecule has 3 aromatic carbocycles. The second-order valence-corrected chi connectivity index (χ2v) is 6.94. The highest BCUT2D eigenvalue weighted by Crippen LogP contribution is 2.37. The van der Waals surface area contributed by atoms with Crippen LogP contribution in [-0.2, 0) is 0 Å². The van der Waals surface area contributed by atoms with Crippen molar-refractivity contribution in [3.63, 3.8) is 0 Å². The number of anilines is 1. The van der Waals surface area contributed by atoms with Crippen molar-refractivity contribution in [3.05, 3.63) is 71.8 Å². The largest absolute Gasteiger partial charge is 0.507 e. The quantitative estimate of drug-likeness (QED) is 0.669. The van der Waals surface area contributed by atoms with Crippen LogP contribution in [0.3, 0.4) is 0 Å². The van der Waals surface area contributed by atoms with Crippen molar-refractivity contribution in [3.8, 4) is 5.75 Å². The number of hydrogen-bond donors (Lipinski definition) is 2. The Hall–Kier alpha value is -2.81. The summed E-state index contributed by atoms with van der Waals surface area (Å²) in [5.41, 5.74) is 1.30. The summed E-state index contributed by atoms with van der Waals surface area (Å²) in [4.78, 5) is 13.0. The van der Waals surface area contributed by atoms with Gasteiger partial charge in [-0.2, -0.15) is 0 Å². The summed E-state index contributed by atoms with van der Waals surface area (Å²) < 4.78 is 0. The first kappa shape index (κ1) is 16.1. The van der Waals surface area contributed by atoms with E-state index in [2.05, 4.69) is 5.32 Å². The van der Waals surface area contributed by atoms with Gasteiger partial charge in [-0.1, -0.05) is 54.6 Å². The van der Waals surface area contributed by atoms with Gasteiger partial charge in [0.1, 0.15) is 5.75 Å². The molecule has 0 saturated heterocycles. The van der Waals surface area contributed by atoms with Gasteiger partial charge in [0.15, 0.2) is 5.78 Å². The Morgan fingerprint density at radius 2 is 1.58 bits per heavy atom. The lowest BCUT2D eigenvalue weighted by Gasteiger charge is -2.26. The third kappa shape index (κ3) is 3.11. The van der Waals surface area contributed by atoms with Crippen molar-refractivity contribution in [1.29, 1.82) is 0 Å². The fourth-order valence-electron chi connectivity index (χ4n) is 2.80. The standard InChI is InChI=1S/C21H21NO2/c1-21(2,3)22-19-16-12-8-7-11-15(16)13-17(23)18(19)20(24)14-9-5-4-6-10-14/h4-13,22-23H,1-3H3. The van der Waals surface area contributed by atoms with E-state index in [1.807, 2.05) is 63.2 Å². The summed E-state index contributed by atoms with van der Waals surface area (Å²) in [6.45, 7) is 6.09. The van der Waals surface area contributed by atoms with Gasteiger partial charge in [-0.25, -0.2) is 0 Å². The molecule has 0 aliphatic carbocycles. The lowest BCUT2D eigenvalue weighted by atomic mass is 9.94. The summed E-state index contributed by atoms with van der Waals surface area (Å²) >= 11 is 0. The summed E-state index contributed by atoms with van der Waals surface area (Å²) in [5, 5.41) is 15.8. The number of carbonyl (C=O) groups excluding carboxylic acids is 1. The molecule has 0 amide bonds. The van der Waals surface area contributed by atoms with Crippen LogP contribution in [0.4, 0.5) is 5.69 Å². The second kappa shape index (κ2) is 6.00. The molecule has 0 aliphatic heterocycles. The van der Waals surface area contributed by atoms with Gasteiger partial charge in [-0.3, -0.25) is 4.79 Å². The van der Waals surface area contributed by atoms with Gasteiger partial charge < -0.3 is 10.4 Å². The molecule has 0 atom stereocenters. The van der Waals surface area contributed by atoms with Crippen LogP contribution in [0.2, 0.25) is 0 Å². The Kier molecular flexibility index (Phi) is 4.02. The van der Waals surface area contributed by atoms with Crippen molar-refractivity contribution in [2.24, 2.45) is 0 Å². The molecule has 2 N–H and O–H groups in total. The molecule has 0 heterocycles. The van der Waals surface area contributed by atoms with Gasteiger partial charge in [0.25, 0.3) is 0 Å². The van der Waals surface area contributed by atoms with Crippen LogP contribution in [-0.4, -0.2) is 16.4 Å². The molecule has 0 radical (unpaired) electrons. The number of rotatable bonds is 3. The maximum absolute atomic E-state index is 13.0. The molecular weight excluding hydrogens is 298 g/mol. The van der Waals surface area contributed by atoms with Gasteiger partial charge in [-0.05, 0) is 32.2 Å². The predicted octanol–water partition coefficient (Wildman–Crippen LogP) is 4.99. The number of phenolic OH excluding ortho intramolecular Hbond substituents is 1. The zero-order valence-electron chi connectivity index (χ0n) is 14.1. The van der Waals surface area contributed by atoms with E-state index in [1.165, 1.54) is 0 Å². The van der Waals surface area contributed by atoms with E-state index < -0.39 is 0 Å². The zero-order valence-corrected chi connectivity index (χ0v) is 14.1. The smallest absolute Gasteiger partial charge is 0.198 e. The monoisotopic (exact) mass is 319 g/mol. The molecule has 122 valence electrons. The Morgan fingerprint density at radius 1 is 0.958 bits per heavy atom. The second-order valence-electron chi connectivity index (χ2n) is 6.94. The van der Waals surface area contributed by atoms with Gasteiger partial charge in [0.2, 0.25) is 0 Å². The molecular formula is C21H21NO2. The highest BCUT2D eigenvalue weighted by Gasteiger charge is 2.23. The zero-order chi connectivity index (χ0) is 17.3. The first-order valence-electron chi connectivity index (χ1n) is 7.99. The van der Waals surface area contributed by atoms with Crippen LogP contribution in [0.15, 0.2) is 60.7 Å². The van der Waals surface area contributed by atoms with E-state index in [0.717, 1.165) is 10.8 Å². The number of fused-ring (bicyclic) bond motifs is 1. The van der Waals surface area contributed by atoms with Crippen molar-refractivity contribution in [2.75, 3.05) is 5.32 Å². The number of aromatic hydroxyl groups is 1. The van der Waals surface area contributed by atoms with Crippen molar-refractivity contribution < 1.29 is 9.90 Å². The molecule has 24 heavy (non-hydrogen) atoms. The van der Waals surface area contributed by atoms with Gasteiger partial charge in [0, 0.05) is 16.5 Å². The molecule has 0 spiro atoms. The number of phenols is 1. The molecule has 3 heteroatoms. The Morgan fingerprint density at radius 3 is 2.25 bits per heavy atom. The predicted molar refractivity (Wildman–Crippen MR) is 98.9 cm³/mol. The SMILES string of the molecule is CC(C)(C)Nc1c(C(=O)c2ccccc2)c(O)cc2ccccc12. The Labute approximate surface area is 142 Å². The van der Waals surface area contributed by atoms with E-state index >= 15 is 0 Å². The van der Waals surface area contributed by atoms with Crippen LogP contribution < -0.4 is 5.32 Å². The third-order valence-electron chi connectivity index (χ3n) is 3.79. The molecule has 0 bridgehead atoms. The van der Waals surface area contributed by atoms with E-state index in [1.54, 1.807) is 18.2 Å². The fraction of sp³-hybridized carbons (Fsp3) is 0.190. The number of carbonyl (C=O) groups is 1. The molecule has 3 nitrogen and oxygen atoms in total. The van der Waals surface area contributed by atoms with Gasteiger partial charge >= 0.3 is 0 Å². The van der Waals surface area contributed by atoms with Crippen molar-refractivity contribution in [2.45, 2.75) is 26.3 Å². The summed E-state index contributed by atoms with van der Waals surface area (Å²) in [6.07, 6.45) is 0. The molecule has 0 unspecified atom stereocenters. The maximum atomic E-state index is 13.0. The third-order valence-corrected chi connectivity index (χ3v) is 3.79. The number of ketones is 1. The Bertz CT molecular complexity index is 893. The lowest BCUT2D eigenvalue weighted by molar-refractivity contribution is 0.103. The van der Waals surface area contributed by atoms with E-state index in [-0.39, 0.29) is 17.1 Å².